The molecule has 1 aliphatic heterocycles. The van der Waals surface area contributed by atoms with E-state index in [1.165, 1.54) is 17.0 Å². The van der Waals surface area contributed by atoms with E-state index in [-0.39, 0.29) is 13.1 Å². The predicted octanol–water partition coefficient (Wildman–Crippen LogP) is 3.29. The Morgan fingerprint density at radius 1 is 1.11 bits per heavy atom. The third-order valence-electron chi connectivity index (χ3n) is 4.39. The lowest BCUT2D eigenvalue weighted by Crippen LogP contribution is -2.42. The SMILES string of the molecule is O=C(O)C1CN(C(=O)COc2ccccc2C(F)(F)F)Cc2ccccc21. The lowest BCUT2D eigenvalue weighted by atomic mass is 9.90. The number of rotatable bonds is 4. The molecule has 8 heteroatoms. The normalized spacial score (nSPS) is 16.6. The summed E-state index contributed by atoms with van der Waals surface area (Å²) in [5.74, 6) is -2.97. The Hall–Kier alpha value is -3.03. The summed E-state index contributed by atoms with van der Waals surface area (Å²) in [5, 5.41) is 9.42. The van der Waals surface area contributed by atoms with Crippen molar-refractivity contribution in [2.45, 2.75) is 18.6 Å². The van der Waals surface area contributed by atoms with Crippen LogP contribution in [0.3, 0.4) is 0 Å². The lowest BCUT2D eigenvalue weighted by Gasteiger charge is -2.32. The number of carboxylic acids is 1. The molecule has 3 rings (SSSR count). The summed E-state index contributed by atoms with van der Waals surface area (Å²) in [5.41, 5.74) is 0.364. The monoisotopic (exact) mass is 379 g/mol. The van der Waals surface area contributed by atoms with Crippen LogP contribution in [-0.4, -0.2) is 35.0 Å². The number of ether oxygens (including phenoxy) is 1. The first-order chi connectivity index (χ1) is 12.8. The van der Waals surface area contributed by atoms with Gasteiger partial charge in [0.15, 0.2) is 6.61 Å². The number of amides is 1. The average molecular weight is 379 g/mol. The van der Waals surface area contributed by atoms with Crippen molar-refractivity contribution in [3.63, 3.8) is 0 Å². The van der Waals surface area contributed by atoms with Crippen molar-refractivity contribution >= 4 is 11.9 Å². The molecule has 1 N–H and O–H groups in total. The van der Waals surface area contributed by atoms with E-state index in [0.29, 0.717) is 11.1 Å². The van der Waals surface area contributed by atoms with E-state index >= 15 is 0 Å². The largest absolute Gasteiger partial charge is 0.483 e. The molecule has 0 aromatic heterocycles. The van der Waals surface area contributed by atoms with Gasteiger partial charge in [-0.1, -0.05) is 36.4 Å². The first-order valence-corrected chi connectivity index (χ1v) is 8.15. The summed E-state index contributed by atoms with van der Waals surface area (Å²) >= 11 is 0. The van der Waals surface area contributed by atoms with Crippen LogP contribution in [0.25, 0.3) is 0 Å². The van der Waals surface area contributed by atoms with E-state index in [1.807, 2.05) is 0 Å². The van der Waals surface area contributed by atoms with Gasteiger partial charge in [0, 0.05) is 13.1 Å². The van der Waals surface area contributed by atoms with Crippen molar-refractivity contribution in [1.82, 2.24) is 4.90 Å². The van der Waals surface area contributed by atoms with Crippen molar-refractivity contribution < 1.29 is 32.6 Å². The summed E-state index contributed by atoms with van der Waals surface area (Å²) < 4.78 is 44.1. The van der Waals surface area contributed by atoms with Crippen LogP contribution in [-0.2, 0) is 22.3 Å². The van der Waals surface area contributed by atoms with Crippen molar-refractivity contribution in [3.05, 3.63) is 65.2 Å². The molecule has 5 nitrogen and oxygen atoms in total. The quantitative estimate of drug-likeness (QED) is 0.885. The fourth-order valence-electron chi connectivity index (χ4n) is 3.07. The second-order valence-electron chi connectivity index (χ2n) is 6.15. The van der Waals surface area contributed by atoms with E-state index in [1.54, 1.807) is 24.3 Å². The predicted molar refractivity (Wildman–Crippen MR) is 89.2 cm³/mol. The minimum Gasteiger partial charge on any atom is -0.483 e. The molecule has 142 valence electrons. The van der Waals surface area contributed by atoms with Gasteiger partial charge in [0.25, 0.3) is 5.91 Å². The van der Waals surface area contributed by atoms with Crippen LogP contribution >= 0.6 is 0 Å². The van der Waals surface area contributed by atoms with Crippen LogP contribution in [0.5, 0.6) is 5.75 Å². The number of carboxylic acid groups (broad SMARTS) is 1. The minimum absolute atomic E-state index is 0.0601. The molecule has 2 aromatic carbocycles. The van der Waals surface area contributed by atoms with E-state index in [9.17, 15) is 27.9 Å². The molecule has 1 heterocycles. The molecule has 1 aliphatic rings. The molecule has 2 aromatic rings. The van der Waals surface area contributed by atoms with Crippen molar-refractivity contribution in [1.29, 1.82) is 0 Å². The molecule has 0 bridgehead atoms. The van der Waals surface area contributed by atoms with Crippen LogP contribution < -0.4 is 4.74 Å². The highest BCUT2D eigenvalue weighted by Gasteiger charge is 2.35. The van der Waals surface area contributed by atoms with Gasteiger partial charge >= 0.3 is 12.1 Å². The summed E-state index contributed by atoms with van der Waals surface area (Å²) in [6.45, 7) is -0.486. The van der Waals surface area contributed by atoms with Crippen molar-refractivity contribution in [3.8, 4) is 5.75 Å². The number of alkyl halides is 3. The highest BCUT2D eigenvalue weighted by molar-refractivity contribution is 5.82. The Morgan fingerprint density at radius 2 is 1.78 bits per heavy atom. The molecule has 27 heavy (non-hydrogen) atoms. The molecule has 0 radical (unpaired) electrons. The molecule has 0 aliphatic carbocycles. The highest BCUT2D eigenvalue weighted by Crippen LogP contribution is 2.36. The third-order valence-corrected chi connectivity index (χ3v) is 4.39. The Balaban J connectivity index is 1.74. The summed E-state index contributed by atoms with van der Waals surface area (Å²) in [6, 6.07) is 11.5. The van der Waals surface area contributed by atoms with Gasteiger partial charge in [-0.25, -0.2) is 0 Å². The van der Waals surface area contributed by atoms with E-state index in [2.05, 4.69) is 0 Å². The van der Waals surface area contributed by atoms with Gasteiger partial charge in [0.2, 0.25) is 0 Å². The van der Waals surface area contributed by atoms with Gasteiger partial charge in [-0.3, -0.25) is 9.59 Å². The van der Waals surface area contributed by atoms with E-state index in [0.717, 1.165) is 12.1 Å². The van der Waals surface area contributed by atoms with Crippen LogP contribution in [0, 0.1) is 0 Å². The van der Waals surface area contributed by atoms with Gasteiger partial charge in [-0.05, 0) is 23.3 Å². The van der Waals surface area contributed by atoms with Gasteiger partial charge in [-0.2, -0.15) is 13.2 Å². The van der Waals surface area contributed by atoms with Crippen LogP contribution in [0.15, 0.2) is 48.5 Å². The fraction of sp³-hybridized carbons (Fsp3) is 0.263. The summed E-state index contributed by atoms with van der Waals surface area (Å²) in [7, 11) is 0. The maximum absolute atomic E-state index is 13.0. The van der Waals surface area contributed by atoms with Gasteiger partial charge < -0.3 is 14.7 Å². The van der Waals surface area contributed by atoms with Gasteiger partial charge in [0.05, 0.1) is 11.5 Å². The number of para-hydroxylation sites is 1. The summed E-state index contributed by atoms with van der Waals surface area (Å²) in [6.07, 6.45) is -4.60. The number of carbonyl (C=O) groups is 2. The maximum atomic E-state index is 13.0. The molecular weight excluding hydrogens is 363 g/mol. The number of carbonyl (C=O) groups excluding carboxylic acids is 1. The fourth-order valence-corrected chi connectivity index (χ4v) is 3.07. The zero-order valence-electron chi connectivity index (χ0n) is 14.1. The summed E-state index contributed by atoms with van der Waals surface area (Å²) in [4.78, 5) is 25.3. The molecule has 0 saturated heterocycles. The zero-order valence-corrected chi connectivity index (χ0v) is 14.1. The Kier molecular flexibility index (Phi) is 5.07. The van der Waals surface area contributed by atoms with Crippen molar-refractivity contribution in [2.75, 3.05) is 13.2 Å². The third kappa shape index (κ3) is 4.05. The Labute approximate surface area is 153 Å². The zero-order chi connectivity index (χ0) is 19.6. The first kappa shape index (κ1) is 18.8. The van der Waals surface area contributed by atoms with Gasteiger partial charge in [0.1, 0.15) is 5.75 Å². The molecule has 1 atom stereocenters. The standard InChI is InChI=1S/C19H16F3NO4/c20-19(21,22)15-7-3-4-8-16(15)27-11-17(24)23-9-12-5-1-2-6-13(12)14(10-23)18(25)26/h1-8,14H,9-11H2,(H,25,26). The van der Waals surface area contributed by atoms with E-state index in [4.69, 9.17) is 4.74 Å². The number of nitrogens with zero attached hydrogens (tertiary/aromatic N) is 1. The minimum atomic E-state index is -4.60. The second-order valence-corrected chi connectivity index (χ2v) is 6.15. The molecular formula is C19H16F3NO4. The van der Waals surface area contributed by atoms with Crippen LogP contribution in [0.2, 0.25) is 0 Å². The highest BCUT2D eigenvalue weighted by atomic mass is 19.4. The smallest absolute Gasteiger partial charge is 0.419 e. The van der Waals surface area contributed by atoms with Crippen LogP contribution in [0.1, 0.15) is 22.6 Å². The molecule has 0 saturated carbocycles. The van der Waals surface area contributed by atoms with E-state index < -0.39 is 41.9 Å². The van der Waals surface area contributed by atoms with Crippen molar-refractivity contribution in [2.24, 2.45) is 0 Å². The average Bonchev–Trinajstić information content (AvgIpc) is 2.64. The topological polar surface area (TPSA) is 66.8 Å². The number of hydrogen-bond donors (Lipinski definition) is 1. The Morgan fingerprint density at radius 3 is 2.48 bits per heavy atom. The molecule has 0 spiro atoms. The maximum Gasteiger partial charge on any atom is 0.419 e. The number of fused-ring (bicyclic) bond motifs is 1. The molecule has 0 fully saturated rings. The molecule has 1 amide bonds. The number of benzene rings is 2. The van der Waals surface area contributed by atoms with Crippen LogP contribution in [0.4, 0.5) is 13.2 Å². The number of aliphatic carboxylic acids is 1. The first-order valence-electron chi connectivity index (χ1n) is 8.15. The Bertz CT molecular complexity index is 866. The van der Waals surface area contributed by atoms with Gasteiger partial charge in [-0.15, -0.1) is 0 Å². The number of halogens is 3. The lowest BCUT2D eigenvalue weighted by molar-refractivity contribution is -0.144. The second kappa shape index (κ2) is 7.30. The molecule has 1 unspecified atom stereocenters. The number of hydrogen-bond acceptors (Lipinski definition) is 3.